The van der Waals surface area contributed by atoms with E-state index in [9.17, 15) is 0 Å². The highest BCUT2D eigenvalue weighted by Gasteiger charge is 2.25. The molecule has 0 radical (unpaired) electrons. The summed E-state index contributed by atoms with van der Waals surface area (Å²) in [7, 11) is 0. The van der Waals surface area contributed by atoms with Gasteiger partial charge in [-0.25, -0.2) is 0 Å². The van der Waals surface area contributed by atoms with Gasteiger partial charge in [-0.3, -0.25) is 0 Å². The highest BCUT2D eigenvalue weighted by atomic mass is 16.3. The van der Waals surface area contributed by atoms with Crippen molar-refractivity contribution in [1.29, 1.82) is 0 Å². The minimum atomic E-state index is -0.252. The number of hydrogen-bond acceptors (Lipinski definition) is 1. The second kappa shape index (κ2) is 3.40. The molecule has 1 aliphatic carbocycles. The zero-order chi connectivity index (χ0) is 8.43. The van der Waals surface area contributed by atoms with Gasteiger partial charge in [-0.2, -0.15) is 0 Å². The molecule has 1 nitrogen and oxygen atoms in total. The van der Waals surface area contributed by atoms with Crippen LogP contribution in [-0.4, -0.2) is 11.2 Å². The first-order valence-electron chi connectivity index (χ1n) is 4.47. The van der Waals surface area contributed by atoms with Gasteiger partial charge in [0, 0.05) is 0 Å². The lowest BCUT2D eigenvalue weighted by Crippen LogP contribution is -2.21. The van der Waals surface area contributed by atoms with Crippen LogP contribution < -0.4 is 0 Å². The van der Waals surface area contributed by atoms with Gasteiger partial charge in [-0.15, -0.1) is 0 Å². The molecule has 0 aromatic carbocycles. The van der Waals surface area contributed by atoms with Crippen molar-refractivity contribution >= 4 is 0 Å². The molecule has 1 fully saturated rings. The van der Waals surface area contributed by atoms with Crippen LogP contribution in [0.4, 0.5) is 0 Å². The zero-order valence-electron chi connectivity index (χ0n) is 7.67. The molecule has 0 spiro atoms. The van der Waals surface area contributed by atoms with Gasteiger partial charge in [0.25, 0.3) is 0 Å². The third kappa shape index (κ3) is 2.33. The predicted octanol–water partition coefficient (Wildman–Crippen LogP) is 2.36. The molecule has 0 aromatic rings. The molecule has 0 amide bonds. The third-order valence-corrected chi connectivity index (χ3v) is 2.47. The number of allylic oxidation sites excluding steroid dienone is 1. The van der Waals surface area contributed by atoms with E-state index in [-0.39, 0.29) is 6.10 Å². The highest BCUT2D eigenvalue weighted by molar-refractivity contribution is 5.14. The minimum absolute atomic E-state index is 0.252. The Kier molecular flexibility index (Phi) is 2.72. The lowest BCUT2D eigenvalue weighted by atomic mass is 9.73. The second-order valence-corrected chi connectivity index (χ2v) is 3.98. The Balaban J connectivity index is 2.29. The van der Waals surface area contributed by atoms with Crippen molar-refractivity contribution in [3.05, 3.63) is 11.6 Å². The Morgan fingerprint density at radius 1 is 1.36 bits per heavy atom. The molecule has 11 heavy (non-hydrogen) atoms. The summed E-state index contributed by atoms with van der Waals surface area (Å²) in [5.74, 6) is 1.68. The van der Waals surface area contributed by atoms with E-state index in [1.54, 1.807) is 0 Å². The minimum Gasteiger partial charge on any atom is -0.389 e. The number of aliphatic hydroxyl groups is 1. The van der Waals surface area contributed by atoms with Crippen LogP contribution in [0.3, 0.4) is 0 Å². The molecule has 1 N–H and O–H groups in total. The smallest absolute Gasteiger partial charge is 0.0695 e. The second-order valence-electron chi connectivity index (χ2n) is 3.98. The summed E-state index contributed by atoms with van der Waals surface area (Å²) in [4.78, 5) is 0. The van der Waals surface area contributed by atoms with E-state index in [0.717, 1.165) is 11.8 Å². The molecule has 1 atom stereocenters. The lowest BCUT2D eigenvalue weighted by molar-refractivity contribution is 0.235. The standard InChI is InChI=1S/C10H18O/c1-7(2)10-5-9(6-10)4-8(3)11/h4,7-8,10-11H,5-6H2,1-3H3. The van der Waals surface area contributed by atoms with Crippen molar-refractivity contribution in [2.75, 3.05) is 0 Å². The summed E-state index contributed by atoms with van der Waals surface area (Å²) in [6, 6.07) is 0. The maximum Gasteiger partial charge on any atom is 0.0695 e. The van der Waals surface area contributed by atoms with Gasteiger partial charge in [-0.05, 0) is 31.6 Å². The normalized spacial score (nSPS) is 26.6. The van der Waals surface area contributed by atoms with E-state index < -0.39 is 0 Å². The van der Waals surface area contributed by atoms with E-state index in [0.29, 0.717) is 0 Å². The first-order valence-corrected chi connectivity index (χ1v) is 4.47. The Hall–Kier alpha value is -0.300. The summed E-state index contributed by atoms with van der Waals surface area (Å²) in [5.41, 5.74) is 1.44. The van der Waals surface area contributed by atoms with Gasteiger partial charge in [0.2, 0.25) is 0 Å². The summed E-state index contributed by atoms with van der Waals surface area (Å²) in [6.45, 7) is 6.35. The molecule has 0 heterocycles. The fraction of sp³-hybridized carbons (Fsp3) is 0.800. The van der Waals surface area contributed by atoms with Crippen molar-refractivity contribution in [2.24, 2.45) is 11.8 Å². The molecule has 0 aromatic heterocycles. The van der Waals surface area contributed by atoms with E-state index in [1.807, 2.05) is 13.0 Å². The van der Waals surface area contributed by atoms with Gasteiger partial charge >= 0.3 is 0 Å². The van der Waals surface area contributed by atoms with E-state index in [1.165, 1.54) is 18.4 Å². The molecule has 1 saturated carbocycles. The number of aliphatic hydroxyl groups excluding tert-OH is 1. The zero-order valence-corrected chi connectivity index (χ0v) is 7.67. The quantitative estimate of drug-likeness (QED) is 0.605. The van der Waals surface area contributed by atoms with Crippen LogP contribution in [0.15, 0.2) is 11.6 Å². The van der Waals surface area contributed by atoms with Crippen LogP contribution in [0, 0.1) is 11.8 Å². The van der Waals surface area contributed by atoms with Gasteiger partial charge < -0.3 is 5.11 Å². The fourth-order valence-corrected chi connectivity index (χ4v) is 1.56. The van der Waals surface area contributed by atoms with Crippen LogP contribution in [0.2, 0.25) is 0 Å². The summed E-state index contributed by atoms with van der Waals surface area (Å²) >= 11 is 0. The van der Waals surface area contributed by atoms with E-state index in [2.05, 4.69) is 13.8 Å². The SMILES string of the molecule is CC(O)C=C1CC(C(C)C)C1. The molecule has 1 heteroatoms. The molecule has 0 aliphatic heterocycles. The first-order chi connectivity index (χ1) is 5.09. The molecular weight excluding hydrogens is 136 g/mol. The van der Waals surface area contributed by atoms with Crippen molar-refractivity contribution in [3.63, 3.8) is 0 Å². The predicted molar refractivity (Wildman–Crippen MR) is 47.3 cm³/mol. The topological polar surface area (TPSA) is 20.2 Å². The van der Waals surface area contributed by atoms with Crippen molar-refractivity contribution < 1.29 is 5.11 Å². The number of rotatable bonds is 2. The van der Waals surface area contributed by atoms with Crippen LogP contribution in [0.5, 0.6) is 0 Å². The van der Waals surface area contributed by atoms with Crippen molar-refractivity contribution in [1.82, 2.24) is 0 Å². The largest absolute Gasteiger partial charge is 0.389 e. The summed E-state index contributed by atoms with van der Waals surface area (Å²) in [6.07, 6.45) is 4.16. The number of hydrogen-bond donors (Lipinski definition) is 1. The van der Waals surface area contributed by atoms with Crippen molar-refractivity contribution in [2.45, 2.75) is 39.7 Å². The average Bonchev–Trinajstić information content (AvgIpc) is 1.75. The van der Waals surface area contributed by atoms with Crippen LogP contribution in [0.1, 0.15) is 33.6 Å². The van der Waals surface area contributed by atoms with Gasteiger partial charge in [0.15, 0.2) is 0 Å². The summed E-state index contributed by atoms with van der Waals surface area (Å²) < 4.78 is 0. The van der Waals surface area contributed by atoms with Crippen LogP contribution >= 0.6 is 0 Å². The fourth-order valence-electron chi connectivity index (χ4n) is 1.56. The van der Waals surface area contributed by atoms with Crippen LogP contribution in [-0.2, 0) is 0 Å². The van der Waals surface area contributed by atoms with E-state index in [4.69, 9.17) is 5.11 Å². The summed E-state index contributed by atoms with van der Waals surface area (Å²) in [5, 5.41) is 9.04. The molecule has 64 valence electrons. The first kappa shape index (κ1) is 8.79. The molecular formula is C10H18O. The Bertz CT molecular complexity index is 148. The molecule has 1 aliphatic rings. The maximum atomic E-state index is 9.04. The van der Waals surface area contributed by atoms with Gasteiger partial charge in [0.1, 0.15) is 0 Å². The Morgan fingerprint density at radius 3 is 2.27 bits per heavy atom. The van der Waals surface area contributed by atoms with Crippen molar-refractivity contribution in [3.8, 4) is 0 Å². The average molecular weight is 154 g/mol. The van der Waals surface area contributed by atoms with Gasteiger partial charge in [0.05, 0.1) is 6.10 Å². The Morgan fingerprint density at radius 2 is 1.91 bits per heavy atom. The van der Waals surface area contributed by atoms with Crippen LogP contribution in [0.25, 0.3) is 0 Å². The molecule has 1 unspecified atom stereocenters. The monoisotopic (exact) mass is 154 g/mol. The molecule has 1 rings (SSSR count). The molecule has 0 bridgehead atoms. The van der Waals surface area contributed by atoms with Gasteiger partial charge in [-0.1, -0.05) is 25.5 Å². The molecule has 0 saturated heterocycles. The Labute approximate surface area is 69.1 Å². The lowest BCUT2D eigenvalue weighted by Gasteiger charge is -2.32. The third-order valence-electron chi connectivity index (χ3n) is 2.47. The maximum absolute atomic E-state index is 9.04. The highest BCUT2D eigenvalue weighted by Crippen LogP contribution is 2.38. The van der Waals surface area contributed by atoms with E-state index >= 15 is 0 Å².